The lowest BCUT2D eigenvalue weighted by molar-refractivity contribution is 0.00217. The normalized spacial score (nSPS) is 21.1. The molecule has 0 saturated heterocycles. The van der Waals surface area contributed by atoms with E-state index in [1.165, 1.54) is 25.5 Å². The summed E-state index contributed by atoms with van der Waals surface area (Å²) in [5, 5.41) is 5.91. The molecule has 2 amide bonds. The van der Waals surface area contributed by atoms with E-state index in [2.05, 4.69) is 10.6 Å². The molecule has 6 heteroatoms. The van der Waals surface area contributed by atoms with E-state index >= 15 is 0 Å². The average molecular weight is 336 g/mol. The molecule has 1 aromatic carbocycles. The average Bonchev–Trinajstić information content (AvgIpc) is 2.39. The van der Waals surface area contributed by atoms with Gasteiger partial charge >= 0.3 is 6.03 Å². The van der Waals surface area contributed by atoms with E-state index in [1.807, 2.05) is 13.0 Å². The fourth-order valence-electron chi connectivity index (χ4n) is 3.69. The van der Waals surface area contributed by atoms with Crippen molar-refractivity contribution in [3.8, 4) is 0 Å². The van der Waals surface area contributed by atoms with Crippen molar-refractivity contribution in [2.24, 2.45) is 5.41 Å². The van der Waals surface area contributed by atoms with Crippen LogP contribution in [-0.2, 0) is 9.84 Å². The summed E-state index contributed by atoms with van der Waals surface area (Å²) < 4.78 is 23.2. The summed E-state index contributed by atoms with van der Waals surface area (Å²) in [5.74, 6) is 0. The second kappa shape index (κ2) is 5.82. The Balaban J connectivity index is 1.54. The van der Waals surface area contributed by atoms with Gasteiger partial charge in [0.1, 0.15) is 0 Å². The minimum Gasteiger partial charge on any atom is -0.335 e. The van der Waals surface area contributed by atoms with Gasteiger partial charge in [-0.05, 0) is 55.7 Å². The lowest BCUT2D eigenvalue weighted by Crippen LogP contribution is -2.55. The van der Waals surface area contributed by atoms with Crippen LogP contribution in [0.1, 0.15) is 50.6 Å². The summed E-state index contributed by atoms with van der Waals surface area (Å²) in [4.78, 5) is 12.4. The molecule has 2 saturated carbocycles. The maximum Gasteiger partial charge on any atom is 0.315 e. The predicted molar refractivity (Wildman–Crippen MR) is 88.9 cm³/mol. The van der Waals surface area contributed by atoms with Gasteiger partial charge in [-0.15, -0.1) is 0 Å². The highest BCUT2D eigenvalue weighted by Crippen LogP contribution is 2.55. The Kier molecular flexibility index (Phi) is 4.12. The number of hydrogen-bond acceptors (Lipinski definition) is 3. The predicted octanol–water partition coefficient (Wildman–Crippen LogP) is 2.78. The molecule has 23 heavy (non-hydrogen) atoms. The molecule has 1 atom stereocenters. The SMILES string of the molecule is CC(NC(=O)NC1CC2(CCC2)C1)c1cccc(S(C)(=O)=O)c1. The van der Waals surface area contributed by atoms with Gasteiger partial charge < -0.3 is 10.6 Å². The van der Waals surface area contributed by atoms with Crippen LogP contribution in [0.3, 0.4) is 0 Å². The summed E-state index contributed by atoms with van der Waals surface area (Å²) in [7, 11) is -3.24. The lowest BCUT2D eigenvalue weighted by Gasteiger charge is -2.54. The van der Waals surface area contributed by atoms with E-state index in [0.29, 0.717) is 5.41 Å². The molecular formula is C17H24N2O3S. The third-order valence-electron chi connectivity index (χ3n) is 5.24. The van der Waals surface area contributed by atoms with Crippen LogP contribution >= 0.6 is 0 Å². The molecule has 0 bridgehead atoms. The van der Waals surface area contributed by atoms with Crippen LogP contribution in [-0.4, -0.2) is 26.7 Å². The van der Waals surface area contributed by atoms with Gasteiger partial charge in [0.15, 0.2) is 9.84 Å². The van der Waals surface area contributed by atoms with Crippen LogP contribution in [0, 0.1) is 5.41 Å². The molecule has 2 N–H and O–H groups in total. The quantitative estimate of drug-likeness (QED) is 0.888. The van der Waals surface area contributed by atoms with E-state index in [4.69, 9.17) is 0 Å². The molecule has 3 rings (SSSR count). The first-order chi connectivity index (χ1) is 10.8. The summed E-state index contributed by atoms with van der Waals surface area (Å²) in [6.45, 7) is 1.86. The van der Waals surface area contributed by atoms with Gasteiger partial charge in [0, 0.05) is 12.3 Å². The highest BCUT2D eigenvalue weighted by Gasteiger charge is 2.48. The number of carbonyl (C=O) groups excluding carboxylic acids is 1. The smallest absolute Gasteiger partial charge is 0.315 e. The van der Waals surface area contributed by atoms with Gasteiger partial charge in [0.25, 0.3) is 0 Å². The van der Waals surface area contributed by atoms with E-state index in [9.17, 15) is 13.2 Å². The first-order valence-electron chi connectivity index (χ1n) is 8.15. The number of sulfone groups is 1. The largest absolute Gasteiger partial charge is 0.335 e. The monoisotopic (exact) mass is 336 g/mol. The van der Waals surface area contributed by atoms with Crippen LogP contribution in [0.5, 0.6) is 0 Å². The molecule has 0 radical (unpaired) electrons. The minimum absolute atomic E-state index is 0.179. The fourth-order valence-corrected chi connectivity index (χ4v) is 4.37. The van der Waals surface area contributed by atoms with Crippen molar-refractivity contribution in [2.45, 2.75) is 56.0 Å². The number of carbonyl (C=O) groups is 1. The van der Waals surface area contributed by atoms with Gasteiger partial charge in [0.05, 0.1) is 10.9 Å². The highest BCUT2D eigenvalue weighted by molar-refractivity contribution is 7.90. The van der Waals surface area contributed by atoms with Gasteiger partial charge in [-0.3, -0.25) is 0 Å². The summed E-state index contributed by atoms with van der Waals surface area (Å²) in [6.07, 6.45) is 7.32. The number of rotatable bonds is 4. The van der Waals surface area contributed by atoms with Gasteiger partial charge in [-0.1, -0.05) is 18.6 Å². The maximum atomic E-state index is 12.1. The van der Waals surface area contributed by atoms with Crippen molar-refractivity contribution < 1.29 is 13.2 Å². The van der Waals surface area contributed by atoms with Gasteiger partial charge in [-0.2, -0.15) is 0 Å². The Bertz CT molecular complexity index is 702. The summed E-state index contributed by atoms with van der Waals surface area (Å²) in [6, 6.07) is 6.58. The topological polar surface area (TPSA) is 75.3 Å². The van der Waals surface area contributed by atoms with Crippen molar-refractivity contribution >= 4 is 15.9 Å². The Morgan fingerprint density at radius 2 is 2.00 bits per heavy atom. The van der Waals surface area contributed by atoms with E-state index in [0.717, 1.165) is 18.4 Å². The Morgan fingerprint density at radius 3 is 2.57 bits per heavy atom. The van der Waals surface area contributed by atoms with Crippen molar-refractivity contribution in [3.63, 3.8) is 0 Å². The number of hydrogen-bond donors (Lipinski definition) is 2. The standard InChI is InChI=1S/C17H24N2O3S/c1-12(13-5-3-6-15(9-13)23(2,21)22)18-16(20)19-14-10-17(11-14)7-4-8-17/h3,5-6,9,12,14H,4,7-8,10-11H2,1-2H3,(H2,18,19,20). The fraction of sp³-hybridized carbons (Fsp3) is 0.588. The van der Waals surface area contributed by atoms with Crippen LogP contribution < -0.4 is 10.6 Å². The zero-order chi connectivity index (χ0) is 16.7. The Hall–Kier alpha value is -1.56. The first kappa shape index (κ1) is 16.3. The number of urea groups is 1. The summed E-state index contributed by atoms with van der Waals surface area (Å²) >= 11 is 0. The van der Waals surface area contributed by atoms with Crippen LogP contribution in [0.2, 0.25) is 0 Å². The molecule has 126 valence electrons. The molecule has 5 nitrogen and oxygen atoms in total. The lowest BCUT2D eigenvalue weighted by atomic mass is 9.54. The van der Waals surface area contributed by atoms with Crippen LogP contribution in [0.15, 0.2) is 29.2 Å². The van der Waals surface area contributed by atoms with Crippen molar-refractivity contribution in [3.05, 3.63) is 29.8 Å². The van der Waals surface area contributed by atoms with E-state index < -0.39 is 9.84 Å². The molecule has 0 aromatic heterocycles. The Labute approximate surface area is 137 Å². The zero-order valence-corrected chi connectivity index (χ0v) is 14.4. The molecule has 1 unspecified atom stereocenters. The highest BCUT2D eigenvalue weighted by atomic mass is 32.2. The number of nitrogens with one attached hydrogen (secondary N) is 2. The van der Waals surface area contributed by atoms with Crippen molar-refractivity contribution in [1.29, 1.82) is 0 Å². The first-order valence-corrected chi connectivity index (χ1v) is 10.0. The minimum atomic E-state index is -3.24. The van der Waals surface area contributed by atoms with Crippen molar-refractivity contribution in [1.82, 2.24) is 10.6 Å². The van der Waals surface area contributed by atoms with Gasteiger partial charge in [-0.25, -0.2) is 13.2 Å². The maximum absolute atomic E-state index is 12.1. The van der Waals surface area contributed by atoms with Crippen molar-refractivity contribution in [2.75, 3.05) is 6.26 Å². The molecule has 2 aliphatic carbocycles. The number of amides is 2. The van der Waals surface area contributed by atoms with Crippen LogP contribution in [0.25, 0.3) is 0 Å². The van der Waals surface area contributed by atoms with E-state index in [-0.39, 0.29) is 23.0 Å². The van der Waals surface area contributed by atoms with E-state index in [1.54, 1.807) is 18.2 Å². The third-order valence-corrected chi connectivity index (χ3v) is 6.35. The third kappa shape index (κ3) is 3.52. The second-order valence-corrected chi connectivity index (χ2v) is 9.16. The molecule has 0 heterocycles. The number of benzene rings is 1. The second-order valence-electron chi connectivity index (χ2n) is 7.14. The zero-order valence-electron chi connectivity index (χ0n) is 13.6. The molecular weight excluding hydrogens is 312 g/mol. The molecule has 1 spiro atoms. The molecule has 2 aliphatic rings. The summed E-state index contributed by atoms with van der Waals surface area (Å²) in [5.41, 5.74) is 1.32. The van der Waals surface area contributed by atoms with Crippen LogP contribution in [0.4, 0.5) is 4.79 Å². The van der Waals surface area contributed by atoms with Gasteiger partial charge in [0.2, 0.25) is 0 Å². The Morgan fingerprint density at radius 1 is 1.30 bits per heavy atom. The molecule has 2 fully saturated rings. The molecule has 1 aromatic rings. The molecule has 0 aliphatic heterocycles.